The maximum atomic E-state index is 10.2. The van der Waals surface area contributed by atoms with Crippen LogP contribution in [0.1, 0.15) is 46.5 Å². The third-order valence-corrected chi connectivity index (χ3v) is 9.46. The van der Waals surface area contributed by atoms with E-state index in [1.165, 1.54) is 6.42 Å². The van der Waals surface area contributed by atoms with Gasteiger partial charge in [0.1, 0.15) is 0 Å². The van der Waals surface area contributed by atoms with Crippen LogP contribution in [0.15, 0.2) is 0 Å². The van der Waals surface area contributed by atoms with Crippen LogP contribution in [0, 0.1) is 5.41 Å². The molecule has 1 saturated carbocycles. The summed E-state index contributed by atoms with van der Waals surface area (Å²) in [7, 11) is -1.74. The van der Waals surface area contributed by atoms with Crippen molar-refractivity contribution >= 4 is 8.32 Å². The number of aliphatic hydroxyl groups excluding tert-OH is 2. The predicted molar refractivity (Wildman–Crippen MR) is 77.1 cm³/mol. The zero-order chi connectivity index (χ0) is 14.0. The first kappa shape index (κ1) is 16.2. The third kappa shape index (κ3) is 3.35. The Hall–Kier alpha value is 0.0969. The lowest BCUT2D eigenvalue weighted by Crippen LogP contribution is -2.50. The lowest BCUT2D eigenvalue weighted by Gasteiger charge is -2.48. The van der Waals surface area contributed by atoms with Gasteiger partial charge in [0.05, 0.1) is 6.10 Å². The van der Waals surface area contributed by atoms with E-state index in [0.717, 1.165) is 12.8 Å². The van der Waals surface area contributed by atoms with Crippen LogP contribution in [0.25, 0.3) is 0 Å². The third-order valence-electron chi connectivity index (χ3n) is 4.99. The predicted octanol–water partition coefficient (Wildman–Crippen LogP) is 2.92. The summed E-state index contributed by atoms with van der Waals surface area (Å²) in [5, 5.41) is 19.4. The van der Waals surface area contributed by atoms with Gasteiger partial charge < -0.3 is 14.6 Å². The minimum absolute atomic E-state index is 0.0585. The Kier molecular flexibility index (Phi) is 5.04. The first-order chi connectivity index (χ1) is 8.15. The Morgan fingerprint density at radius 1 is 1.28 bits per heavy atom. The number of hydrogen-bond donors (Lipinski definition) is 2. The molecule has 1 aliphatic carbocycles. The van der Waals surface area contributed by atoms with Crippen LogP contribution in [-0.4, -0.2) is 37.8 Å². The highest BCUT2D eigenvalue weighted by Crippen LogP contribution is 2.47. The van der Waals surface area contributed by atoms with E-state index in [2.05, 4.69) is 33.9 Å². The van der Waals surface area contributed by atoms with E-state index in [0.29, 0.717) is 13.0 Å². The maximum absolute atomic E-state index is 10.2. The minimum atomic E-state index is -1.74. The van der Waals surface area contributed by atoms with Crippen molar-refractivity contribution in [2.45, 2.75) is 70.7 Å². The molecule has 18 heavy (non-hydrogen) atoms. The minimum Gasteiger partial charge on any atom is -0.416 e. The van der Waals surface area contributed by atoms with Crippen LogP contribution in [0.5, 0.6) is 0 Å². The Morgan fingerprint density at radius 2 is 1.83 bits per heavy atom. The fourth-order valence-corrected chi connectivity index (χ4v) is 3.26. The second-order valence-corrected chi connectivity index (χ2v) is 12.1. The van der Waals surface area contributed by atoms with E-state index >= 15 is 0 Å². The SMILES string of the molecule is CC(C)(C)[Si](C)(C)OCC1(C(O)CCO)CCC1. The molecule has 0 heterocycles. The zero-order valence-electron chi connectivity index (χ0n) is 12.6. The van der Waals surface area contributed by atoms with Gasteiger partial charge in [-0.05, 0) is 37.4 Å². The molecule has 4 heteroatoms. The molecule has 1 atom stereocenters. The molecule has 0 bridgehead atoms. The van der Waals surface area contributed by atoms with E-state index in [1.54, 1.807) is 0 Å². The lowest BCUT2D eigenvalue weighted by atomic mass is 9.65. The van der Waals surface area contributed by atoms with Crippen molar-refractivity contribution in [1.29, 1.82) is 0 Å². The highest BCUT2D eigenvalue weighted by Gasteiger charge is 2.46. The van der Waals surface area contributed by atoms with Crippen molar-refractivity contribution in [2.24, 2.45) is 5.41 Å². The fraction of sp³-hybridized carbons (Fsp3) is 1.00. The van der Waals surface area contributed by atoms with Crippen molar-refractivity contribution < 1.29 is 14.6 Å². The van der Waals surface area contributed by atoms with Gasteiger partial charge in [-0.15, -0.1) is 0 Å². The molecule has 1 aliphatic rings. The molecule has 2 N–H and O–H groups in total. The summed E-state index contributed by atoms with van der Waals surface area (Å²) in [6, 6.07) is 0. The van der Waals surface area contributed by atoms with Gasteiger partial charge in [0.25, 0.3) is 0 Å². The van der Waals surface area contributed by atoms with E-state index in [-0.39, 0.29) is 17.1 Å². The Labute approximate surface area is 113 Å². The van der Waals surface area contributed by atoms with Gasteiger partial charge in [0.15, 0.2) is 8.32 Å². The summed E-state index contributed by atoms with van der Waals surface area (Å²) < 4.78 is 6.27. The molecule has 108 valence electrons. The number of hydrogen-bond acceptors (Lipinski definition) is 3. The zero-order valence-corrected chi connectivity index (χ0v) is 13.6. The molecule has 1 unspecified atom stereocenters. The molecule has 0 aromatic heterocycles. The number of aliphatic hydroxyl groups is 2. The van der Waals surface area contributed by atoms with Crippen LogP contribution < -0.4 is 0 Å². The molecule has 1 fully saturated rings. The van der Waals surface area contributed by atoms with Crippen LogP contribution in [-0.2, 0) is 4.43 Å². The topological polar surface area (TPSA) is 49.7 Å². The highest BCUT2D eigenvalue weighted by molar-refractivity contribution is 6.74. The second-order valence-electron chi connectivity index (χ2n) is 7.29. The quantitative estimate of drug-likeness (QED) is 0.732. The van der Waals surface area contributed by atoms with Crippen LogP contribution in [0.2, 0.25) is 18.1 Å². The smallest absolute Gasteiger partial charge is 0.192 e. The van der Waals surface area contributed by atoms with E-state index in [4.69, 9.17) is 9.53 Å². The molecule has 0 saturated heterocycles. The largest absolute Gasteiger partial charge is 0.416 e. The summed E-state index contributed by atoms with van der Waals surface area (Å²) in [6.07, 6.45) is 3.29. The molecule has 1 rings (SSSR count). The maximum Gasteiger partial charge on any atom is 0.192 e. The Balaban J connectivity index is 2.60. The van der Waals surface area contributed by atoms with E-state index in [1.807, 2.05) is 0 Å². The van der Waals surface area contributed by atoms with Crippen molar-refractivity contribution in [1.82, 2.24) is 0 Å². The molecule has 0 amide bonds. The number of rotatable bonds is 6. The normalized spacial score (nSPS) is 21.5. The first-order valence-electron chi connectivity index (χ1n) is 7.07. The molecular weight excluding hydrogens is 244 g/mol. The van der Waals surface area contributed by atoms with Gasteiger partial charge >= 0.3 is 0 Å². The fourth-order valence-electron chi connectivity index (χ4n) is 2.17. The van der Waals surface area contributed by atoms with Crippen molar-refractivity contribution in [3.63, 3.8) is 0 Å². The average molecular weight is 274 g/mol. The monoisotopic (exact) mass is 274 g/mol. The van der Waals surface area contributed by atoms with Crippen molar-refractivity contribution in [3.8, 4) is 0 Å². The molecule has 0 spiro atoms. The molecule has 0 aromatic carbocycles. The average Bonchev–Trinajstić information content (AvgIpc) is 2.14. The standard InChI is InChI=1S/C14H30O3Si/c1-13(2,3)18(4,5)17-11-14(8-6-9-14)12(16)7-10-15/h12,15-16H,6-11H2,1-5H3. The van der Waals surface area contributed by atoms with Crippen LogP contribution in [0.4, 0.5) is 0 Å². The van der Waals surface area contributed by atoms with Gasteiger partial charge in [-0.3, -0.25) is 0 Å². The van der Waals surface area contributed by atoms with Crippen molar-refractivity contribution in [3.05, 3.63) is 0 Å². The Morgan fingerprint density at radius 3 is 2.17 bits per heavy atom. The molecule has 0 radical (unpaired) electrons. The lowest BCUT2D eigenvalue weighted by molar-refractivity contribution is -0.0756. The van der Waals surface area contributed by atoms with Gasteiger partial charge in [-0.1, -0.05) is 27.2 Å². The molecular formula is C14H30O3Si. The summed E-state index contributed by atoms with van der Waals surface area (Å²) >= 11 is 0. The molecule has 3 nitrogen and oxygen atoms in total. The second kappa shape index (κ2) is 5.61. The molecule has 0 aromatic rings. The summed E-state index contributed by atoms with van der Waals surface area (Å²) in [4.78, 5) is 0. The Bertz CT molecular complexity index is 267. The van der Waals surface area contributed by atoms with E-state index < -0.39 is 14.4 Å². The van der Waals surface area contributed by atoms with Gasteiger partial charge in [-0.2, -0.15) is 0 Å². The van der Waals surface area contributed by atoms with Crippen molar-refractivity contribution in [2.75, 3.05) is 13.2 Å². The van der Waals surface area contributed by atoms with E-state index in [9.17, 15) is 5.11 Å². The van der Waals surface area contributed by atoms with Gasteiger partial charge in [0, 0.05) is 18.6 Å². The first-order valence-corrected chi connectivity index (χ1v) is 9.98. The van der Waals surface area contributed by atoms with Gasteiger partial charge in [0.2, 0.25) is 0 Å². The summed E-state index contributed by atoms with van der Waals surface area (Å²) in [5.74, 6) is 0. The summed E-state index contributed by atoms with van der Waals surface area (Å²) in [6.45, 7) is 11.9. The van der Waals surface area contributed by atoms with Crippen LogP contribution >= 0.6 is 0 Å². The van der Waals surface area contributed by atoms with Crippen LogP contribution in [0.3, 0.4) is 0 Å². The summed E-state index contributed by atoms with van der Waals surface area (Å²) in [5.41, 5.74) is -0.0851. The molecule has 0 aliphatic heterocycles. The highest BCUT2D eigenvalue weighted by atomic mass is 28.4. The van der Waals surface area contributed by atoms with Gasteiger partial charge in [-0.25, -0.2) is 0 Å².